The number of amides is 1. The van der Waals surface area contributed by atoms with E-state index in [1.165, 1.54) is 30.3 Å². The predicted octanol–water partition coefficient (Wildman–Crippen LogP) is 3.53. The van der Waals surface area contributed by atoms with Crippen molar-refractivity contribution in [1.82, 2.24) is 0 Å². The van der Waals surface area contributed by atoms with E-state index in [1.54, 1.807) is 19.1 Å². The third kappa shape index (κ3) is 2.53. The van der Waals surface area contributed by atoms with Gasteiger partial charge in [-0.05, 0) is 42.8 Å². The van der Waals surface area contributed by atoms with Crippen molar-refractivity contribution in [2.24, 2.45) is 0 Å². The van der Waals surface area contributed by atoms with E-state index in [4.69, 9.17) is 0 Å². The second-order valence-corrected chi connectivity index (χ2v) is 3.90. The van der Waals surface area contributed by atoms with E-state index in [0.717, 1.165) is 0 Å². The van der Waals surface area contributed by atoms with Gasteiger partial charge in [-0.2, -0.15) is 0 Å². The quantitative estimate of drug-likeness (QED) is 0.864. The van der Waals surface area contributed by atoms with Crippen molar-refractivity contribution in [3.8, 4) is 0 Å². The largest absolute Gasteiger partial charge is 0.319 e. The molecule has 0 saturated heterocycles. The molecule has 0 heterocycles. The number of carbonyl (C=O) groups is 1. The van der Waals surface area contributed by atoms with Crippen molar-refractivity contribution in [2.45, 2.75) is 6.92 Å². The van der Waals surface area contributed by atoms with Crippen molar-refractivity contribution in [2.75, 3.05) is 5.32 Å². The van der Waals surface area contributed by atoms with Gasteiger partial charge in [-0.3, -0.25) is 4.79 Å². The number of hydrogen-bond donors (Lipinski definition) is 1. The number of anilines is 1. The Morgan fingerprint density at radius 3 is 2.39 bits per heavy atom. The molecule has 1 N–H and O–H groups in total. The lowest BCUT2D eigenvalue weighted by molar-refractivity contribution is 0.102. The van der Waals surface area contributed by atoms with E-state index in [0.29, 0.717) is 5.56 Å². The molecule has 18 heavy (non-hydrogen) atoms. The van der Waals surface area contributed by atoms with Gasteiger partial charge in [0, 0.05) is 5.56 Å². The number of rotatable bonds is 2. The van der Waals surface area contributed by atoms with E-state index >= 15 is 0 Å². The van der Waals surface area contributed by atoms with Gasteiger partial charge >= 0.3 is 0 Å². The molecule has 0 bridgehead atoms. The summed E-state index contributed by atoms with van der Waals surface area (Å²) in [6.45, 7) is 1.61. The molecule has 2 aromatic rings. The zero-order valence-corrected chi connectivity index (χ0v) is 9.71. The molecule has 0 spiro atoms. The molecule has 0 radical (unpaired) electrons. The Bertz CT molecular complexity index is 579. The van der Waals surface area contributed by atoms with Gasteiger partial charge in [-0.1, -0.05) is 12.1 Å². The summed E-state index contributed by atoms with van der Waals surface area (Å²) in [4.78, 5) is 11.8. The highest BCUT2D eigenvalue weighted by Crippen LogP contribution is 2.18. The lowest BCUT2D eigenvalue weighted by atomic mass is 10.1. The molecule has 0 aliphatic carbocycles. The molecule has 0 fully saturated rings. The molecule has 2 nitrogen and oxygen atoms in total. The number of carbonyl (C=O) groups excluding carboxylic acids is 1. The molecule has 0 unspecified atom stereocenters. The van der Waals surface area contributed by atoms with Gasteiger partial charge in [0.1, 0.15) is 11.6 Å². The molecule has 4 heteroatoms. The zero-order chi connectivity index (χ0) is 13.1. The van der Waals surface area contributed by atoms with Crippen molar-refractivity contribution in [1.29, 1.82) is 0 Å². The predicted molar refractivity (Wildman–Crippen MR) is 65.5 cm³/mol. The molecule has 92 valence electrons. The first-order valence-corrected chi connectivity index (χ1v) is 5.40. The van der Waals surface area contributed by atoms with Gasteiger partial charge in [-0.15, -0.1) is 0 Å². The van der Waals surface area contributed by atoms with E-state index in [9.17, 15) is 13.6 Å². The lowest BCUT2D eigenvalue weighted by Crippen LogP contribution is -2.13. The normalized spacial score (nSPS) is 10.2. The second-order valence-electron chi connectivity index (χ2n) is 3.90. The summed E-state index contributed by atoms with van der Waals surface area (Å²) in [7, 11) is 0. The molecule has 1 amide bonds. The minimum Gasteiger partial charge on any atom is -0.319 e. The highest BCUT2D eigenvalue weighted by Gasteiger charge is 2.10. The van der Waals surface area contributed by atoms with Crippen molar-refractivity contribution in [3.05, 3.63) is 65.2 Å². The van der Waals surface area contributed by atoms with Crippen molar-refractivity contribution < 1.29 is 13.6 Å². The summed E-state index contributed by atoms with van der Waals surface area (Å²) >= 11 is 0. The lowest BCUT2D eigenvalue weighted by Gasteiger charge is -2.07. The molecule has 0 aliphatic rings. The summed E-state index contributed by atoms with van der Waals surface area (Å²) in [5.74, 6) is -1.36. The van der Waals surface area contributed by atoms with Gasteiger partial charge in [0.05, 0.1) is 5.69 Å². The summed E-state index contributed by atoms with van der Waals surface area (Å²) in [6, 6.07) is 9.80. The number of hydrogen-bond acceptors (Lipinski definition) is 1. The van der Waals surface area contributed by atoms with Crippen LogP contribution in [0.3, 0.4) is 0 Å². The molecule has 0 aromatic heterocycles. The summed E-state index contributed by atoms with van der Waals surface area (Å²) < 4.78 is 26.4. The van der Waals surface area contributed by atoms with Crippen LogP contribution >= 0.6 is 0 Å². The number of benzene rings is 2. The summed E-state index contributed by atoms with van der Waals surface area (Å²) in [5.41, 5.74) is 0.841. The van der Waals surface area contributed by atoms with Crippen LogP contribution in [-0.2, 0) is 0 Å². The first kappa shape index (κ1) is 12.2. The average Bonchev–Trinajstić information content (AvgIpc) is 2.36. The Balaban J connectivity index is 2.21. The van der Waals surface area contributed by atoms with E-state index in [2.05, 4.69) is 5.32 Å². The van der Waals surface area contributed by atoms with E-state index in [-0.39, 0.29) is 11.3 Å². The maximum Gasteiger partial charge on any atom is 0.255 e. The van der Waals surface area contributed by atoms with E-state index < -0.39 is 17.5 Å². The van der Waals surface area contributed by atoms with Crippen LogP contribution in [0.4, 0.5) is 14.5 Å². The molecule has 2 rings (SSSR count). The minimum absolute atomic E-state index is 0.115. The third-order valence-corrected chi connectivity index (χ3v) is 2.55. The first-order chi connectivity index (χ1) is 8.58. The molecular formula is C14H11F2NO. The molecule has 0 saturated carbocycles. The standard InChI is InChI=1S/C14H11F2NO/c1-9-3-2-4-12(13(9)16)17-14(18)10-5-7-11(15)8-6-10/h2-8H,1H3,(H,17,18). The Hall–Kier alpha value is -2.23. The minimum atomic E-state index is -0.473. The van der Waals surface area contributed by atoms with Gasteiger partial charge in [0.2, 0.25) is 0 Å². The topological polar surface area (TPSA) is 29.1 Å². The summed E-state index contributed by atoms with van der Waals surface area (Å²) in [6.07, 6.45) is 0. The van der Waals surface area contributed by atoms with Crippen molar-refractivity contribution in [3.63, 3.8) is 0 Å². The van der Waals surface area contributed by atoms with Gasteiger partial charge in [-0.25, -0.2) is 8.78 Å². The number of halogens is 2. The van der Waals surface area contributed by atoms with Gasteiger partial charge in [0.25, 0.3) is 5.91 Å². The summed E-state index contributed by atoms with van der Waals surface area (Å²) in [5, 5.41) is 2.45. The molecule has 0 atom stereocenters. The van der Waals surface area contributed by atoms with Gasteiger partial charge < -0.3 is 5.32 Å². The molecule has 2 aromatic carbocycles. The SMILES string of the molecule is Cc1cccc(NC(=O)c2ccc(F)cc2)c1F. The maximum atomic E-state index is 13.7. The monoisotopic (exact) mass is 247 g/mol. The highest BCUT2D eigenvalue weighted by atomic mass is 19.1. The van der Waals surface area contributed by atoms with Crippen LogP contribution in [0.2, 0.25) is 0 Å². The van der Waals surface area contributed by atoms with Crippen LogP contribution in [0.1, 0.15) is 15.9 Å². The van der Waals surface area contributed by atoms with Crippen LogP contribution in [0.15, 0.2) is 42.5 Å². The molecular weight excluding hydrogens is 236 g/mol. The Kier molecular flexibility index (Phi) is 3.37. The van der Waals surface area contributed by atoms with Crippen LogP contribution < -0.4 is 5.32 Å². The first-order valence-electron chi connectivity index (χ1n) is 5.40. The fourth-order valence-electron chi connectivity index (χ4n) is 1.54. The van der Waals surface area contributed by atoms with Crippen LogP contribution in [-0.4, -0.2) is 5.91 Å². The van der Waals surface area contributed by atoms with Crippen LogP contribution in [0.5, 0.6) is 0 Å². The van der Waals surface area contributed by atoms with Crippen LogP contribution in [0, 0.1) is 18.6 Å². The second kappa shape index (κ2) is 4.96. The van der Waals surface area contributed by atoms with E-state index in [1.807, 2.05) is 0 Å². The van der Waals surface area contributed by atoms with Crippen molar-refractivity contribution >= 4 is 11.6 Å². The third-order valence-electron chi connectivity index (χ3n) is 2.55. The average molecular weight is 247 g/mol. The molecule has 0 aliphatic heterocycles. The fourth-order valence-corrected chi connectivity index (χ4v) is 1.54. The highest BCUT2D eigenvalue weighted by molar-refractivity contribution is 6.04. The van der Waals surface area contributed by atoms with Crippen LogP contribution in [0.25, 0.3) is 0 Å². The Morgan fingerprint density at radius 1 is 1.06 bits per heavy atom. The maximum absolute atomic E-state index is 13.7. The Morgan fingerprint density at radius 2 is 1.72 bits per heavy atom. The number of nitrogens with one attached hydrogen (secondary N) is 1. The van der Waals surface area contributed by atoms with Gasteiger partial charge in [0.15, 0.2) is 0 Å². The zero-order valence-electron chi connectivity index (χ0n) is 9.71. The smallest absolute Gasteiger partial charge is 0.255 e. The number of aryl methyl sites for hydroxylation is 1. The Labute approximate surface area is 103 Å². The fraction of sp³-hybridized carbons (Fsp3) is 0.0714.